The molecule has 1 saturated carbocycles. The van der Waals surface area contributed by atoms with Gasteiger partial charge in [0, 0.05) is 17.4 Å². The molecule has 0 bridgehead atoms. The fourth-order valence-electron chi connectivity index (χ4n) is 1.84. The van der Waals surface area contributed by atoms with Gasteiger partial charge in [0.05, 0.1) is 0 Å². The molecule has 0 aliphatic heterocycles. The van der Waals surface area contributed by atoms with Crippen molar-refractivity contribution in [3.63, 3.8) is 0 Å². The Morgan fingerprint density at radius 1 is 1.35 bits per heavy atom. The molecule has 2 nitrogen and oxygen atoms in total. The summed E-state index contributed by atoms with van der Waals surface area (Å²) in [6.45, 7) is 0.517. The number of anilines is 1. The summed E-state index contributed by atoms with van der Waals surface area (Å²) in [5, 5.41) is 2.76. The lowest BCUT2D eigenvalue weighted by Crippen LogP contribution is -2.40. The molecule has 0 spiro atoms. The molecule has 0 aromatic carbocycles. The Bertz CT molecular complexity index is 416. The Morgan fingerprint density at radius 2 is 2.06 bits per heavy atom. The van der Waals surface area contributed by atoms with Crippen LogP contribution in [0.5, 0.6) is 0 Å². The molecule has 1 fully saturated rings. The minimum Gasteiger partial charge on any atom is -0.366 e. The van der Waals surface area contributed by atoms with E-state index in [1.54, 1.807) is 11.8 Å². The van der Waals surface area contributed by atoms with Gasteiger partial charge in [-0.3, -0.25) is 0 Å². The number of aromatic nitrogens is 1. The minimum atomic E-state index is -1.28. The van der Waals surface area contributed by atoms with E-state index in [-0.39, 0.29) is 10.6 Å². The van der Waals surface area contributed by atoms with E-state index in [1.165, 1.54) is 0 Å². The molecule has 1 aliphatic carbocycles. The molecule has 6 heteroatoms. The minimum absolute atomic E-state index is 0.0823. The molecule has 94 valence electrons. The van der Waals surface area contributed by atoms with Crippen LogP contribution in [0.3, 0.4) is 0 Å². The summed E-state index contributed by atoms with van der Waals surface area (Å²) in [6, 6.07) is 0.511. The average molecular weight is 262 g/mol. The molecular weight excluding hydrogens is 249 g/mol. The average Bonchev–Trinajstić information content (AvgIpc) is 2.24. The molecule has 1 aliphatic rings. The predicted molar refractivity (Wildman–Crippen MR) is 62.7 cm³/mol. The number of halogens is 3. The largest absolute Gasteiger partial charge is 0.366 e. The first-order valence-corrected chi connectivity index (χ1v) is 6.59. The fraction of sp³-hybridized carbons (Fsp3) is 0.545. The van der Waals surface area contributed by atoms with E-state index in [9.17, 15) is 13.2 Å². The van der Waals surface area contributed by atoms with Crippen LogP contribution in [0.4, 0.5) is 19.0 Å². The number of hydrogen-bond donors (Lipinski definition) is 1. The number of hydrogen-bond acceptors (Lipinski definition) is 3. The van der Waals surface area contributed by atoms with E-state index >= 15 is 0 Å². The van der Waals surface area contributed by atoms with Crippen LogP contribution >= 0.6 is 11.8 Å². The van der Waals surface area contributed by atoms with Crippen molar-refractivity contribution in [2.75, 3.05) is 18.1 Å². The molecule has 0 saturated heterocycles. The first-order valence-electron chi connectivity index (χ1n) is 5.37. The van der Waals surface area contributed by atoms with Gasteiger partial charge in [-0.15, -0.1) is 0 Å². The van der Waals surface area contributed by atoms with E-state index in [4.69, 9.17) is 0 Å². The normalized spacial score (nSPS) is 17.6. The van der Waals surface area contributed by atoms with Crippen molar-refractivity contribution in [2.24, 2.45) is 0 Å². The van der Waals surface area contributed by atoms with Gasteiger partial charge in [-0.05, 0) is 19.1 Å². The second kappa shape index (κ2) is 4.76. The first kappa shape index (κ1) is 12.5. The molecule has 1 aromatic rings. The van der Waals surface area contributed by atoms with Crippen LogP contribution in [0.25, 0.3) is 0 Å². The number of pyridine rings is 1. The van der Waals surface area contributed by atoms with Gasteiger partial charge in [-0.25, -0.2) is 8.78 Å². The van der Waals surface area contributed by atoms with E-state index in [0.29, 0.717) is 12.6 Å². The number of nitrogens with one attached hydrogen (secondary N) is 1. The van der Waals surface area contributed by atoms with Crippen LogP contribution in [0, 0.1) is 17.6 Å². The summed E-state index contributed by atoms with van der Waals surface area (Å²) >= 11 is 1.71. The summed E-state index contributed by atoms with van der Waals surface area (Å²) in [5.41, 5.74) is 0. The third kappa shape index (κ3) is 2.51. The predicted octanol–water partition coefficient (Wildman–Crippen LogP) is 3.20. The lowest BCUT2D eigenvalue weighted by molar-refractivity contribution is 0.378. The zero-order chi connectivity index (χ0) is 12.5. The maximum absolute atomic E-state index is 13.3. The Morgan fingerprint density at radius 3 is 2.59 bits per heavy atom. The summed E-state index contributed by atoms with van der Waals surface area (Å²) in [6.07, 6.45) is 5.24. The van der Waals surface area contributed by atoms with E-state index < -0.39 is 17.6 Å². The van der Waals surface area contributed by atoms with Crippen LogP contribution in [-0.2, 0) is 0 Å². The van der Waals surface area contributed by atoms with Gasteiger partial charge < -0.3 is 5.32 Å². The second-order valence-electron chi connectivity index (χ2n) is 4.19. The quantitative estimate of drug-likeness (QED) is 0.843. The summed E-state index contributed by atoms with van der Waals surface area (Å²) < 4.78 is 38.9. The van der Waals surface area contributed by atoms with Gasteiger partial charge in [0.25, 0.3) is 5.95 Å². The van der Waals surface area contributed by atoms with Crippen LogP contribution < -0.4 is 5.32 Å². The van der Waals surface area contributed by atoms with E-state index in [2.05, 4.69) is 10.3 Å². The Balaban J connectivity index is 2.06. The van der Waals surface area contributed by atoms with Crippen LogP contribution in [0.1, 0.15) is 19.3 Å². The maximum atomic E-state index is 13.3. The Kier molecular flexibility index (Phi) is 3.51. The summed E-state index contributed by atoms with van der Waals surface area (Å²) in [5.74, 6) is -3.62. The molecule has 1 heterocycles. The standard InChI is InChI=1S/C11H13F3N2S/c1-17-11(3-2-4-11)6-15-10-8(13)5-7(12)9(14)16-10/h5H,2-4,6H2,1H3,(H,15,16). The van der Waals surface area contributed by atoms with Crippen molar-refractivity contribution in [1.29, 1.82) is 0 Å². The van der Waals surface area contributed by atoms with E-state index in [0.717, 1.165) is 19.3 Å². The molecule has 0 amide bonds. The first-order chi connectivity index (χ1) is 8.06. The van der Waals surface area contributed by atoms with Crippen molar-refractivity contribution in [3.8, 4) is 0 Å². The molecule has 1 N–H and O–H groups in total. The van der Waals surface area contributed by atoms with Crippen LogP contribution in [0.2, 0.25) is 0 Å². The van der Waals surface area contributed by atoms with Crippen molar-refractivity contribution < 1.29 is 13.2 Å². The molecule has 17 heavy (non-hydrogen) atoms. The number of rotatable bonds is 4. The highest BCUT2D eigenvalue weighted by Crippen LogP contribution is 2.42. The van der Waals surface area contributed by atoms with E-state index in [1.807, 2.05) is 6.26 Å². The van der Waals surface area contributed by atoms with Gasteiger partial charge >= 0.3 is 0 Å². The zero-order valence-corrected chi connectivity index (χ0v) is 10.2. The molecule has 1 aromatic heterocycles. The highest BCUT2D eigenvalue weighted by molar-refractivity contribution is 8.00. The zero-order valence-electron chi connectivity index (χ0n) is 9.40. The third-order valence-electron chi connectivity index (χ3n) is 3.16. The van der Waals surface area contributed by atoms with Crippen molar-refractivity contribution in [1.82, 2.24) is 4.98 Å². The fourth-order valence-corrected chi connectivity index (χ4v) is 2.75. The third-order valence-corrected chi connectivity index (χ3v) is 4.58. The molecule has 0 unspecified atom stereocenters. The summed E-state index contributed by atoms with van der Waals surface area (Å²) in [7, 11) is 0. The van der Waals surface area contributed by atoms with Crippen LogP contribution in [-0.4, -0.2) is 22.5 Å². The molecule has 0 radical (unpaired) electrons. The Hall–Kier alpha value is -0.910. The number of nitrogens with zero attached hydrogens (tertiary/aromatic N) is 1. The maximum Gasteiger partial charge on any atom is 0.251 e. The summed E-state index contributed by atoms with van der Waals surface area (Å²) in [4.78, 5) is 3.23. The van der Waals surface area contributed by atoms with Crippen molar-refractivity contribution >= 4 is 17.6 Å². The van der Waals surface area contributed by atoms with Gasteiger partial charge in [0.1, 0.15) is 0 Å². The lowest BCUT2D eigenvalue weighted by Gasteiger charge is -2.40. The smallest absolute Gasteiger partial charge is 0.251 e. The highest BCUT2D eigenvalue weighted by atomic mass is 32.2. The second-order valence-corrected chi connectivity index (χ2v) is 5.46. The topological polar surface area (TPSA) is 24.9 Å². The van der Waals surface area contributed by atoms with Gasteiger partial charge in [0.15, 0.2) is 17.5 Å². The van der Waals surface area contributed by atoms with Crippen molar-refractivity contribution in [3.05, 3.63) is 23.6 Å². The lowest BCUT2D eigenvalue weighted by atomic mass is 9.84. The van der Waals surface area contributed by atoms with Gasteiger partial charge in [0.2, 0.25) is 0 Å². The monoisotopic (exact) mass is 262 g/mol. The molecule has 0 atom stereocenters. The van der Waals surface area contributed by atoms with Crippen molar-refractivity contribution in [2.45, 2.75) is 24.0 Å². The highest BCUT2D eigenvalue weighted by Gasteiger charge is 2.36. The molecule has 2 rings (SSSR count). The number of thioether (sulfide) groups is 1. The molecular formula is C11H13F3N2S. The van der Waals surface area contributed by atoms with Gasteiger partial charge in [-0.1, -0.05) is 6.42 Å². The van der Waals surface area contributed by atoms with Crippen LogP contribution in [0.15, 0.2) is 6.07 Å². The van der Waals surface area contributed by atoms with Gasteiger partial charge in [-0.2, -0.15) is 21.1 Å². The SMILES string of the molecule is CSC1(CNc2nc(F)c(F)cc2F)CCC1. The Labute approximate surface area is 102 Å².